The summed E-state index contributed by atoms with van der Waals surface area (Å²) in [7, 11) is 0. The normalized spacial score (nSPS) is 43.4. The molecule has 33 heavy (non-hydrogen) atoms. The van der Waals surface area contributed by atoms with E-state index in [2.05, 4.69) is 50.5 Å². The highest BCUT2D eigenvalue weighted by Crippen LogP contribution is 2.68. The predicted molar refractivity (Wildman–Crippen MR) is 137 cm³/mol. The summed E-state index contributed by atoms with van der Waals surface area (Å²) in [5.74, 6) is 3.95. The first-order chi connectivity index (χ1) is 15.5. The van der Waals surface area contributed by atoms with Gasteiger partial charge in [0.1, 0.15) is 6.10 Å². The molecule has 0 bridgehead atoms. The van der Waals surface area contributed by atoms with Gasteiger partial charge in [-0.3, -0.25) is 9.59 Å². The summed E-state index contributed by atoms with van der Waals surface area (Å²) in [4.78, 5) is 25.1. The van der Waals surface area contributed by atoms with Gasteiger partial charge in [0.15, 0.2) is 5.78 Å². The molecular formula is C29H45BrO3. The second-order valence-electron chi connectivity index (χ2n) is 12.8. The van der Waals surface area contributed by atoms with E-state index in [1.54, 1.807) is 0 Å². The molecule has 0 amide bonds. The molecule has 0 saturated heterocycles. The number of esters is 1. The number of ketones is 1. The molecule has 3 nitrogen and oxygen atoms in total. The summed E-state index contributed by atoms with van der Waals surface area (Å²) in [6.45, 7) is 13.5. The van der Waals surface area contributed by atoms with Crippen LogP contribution in [-0.2, 0) is 14.3 Å². The summed E-state index contributed by atoms with van der Waals surface area (Å²) in [6, 6.07) is 0. The van der Waals surface area contributed by atoms with Crippen molar-refractivity contribution in [2.24, 2.45) is 46.3 Å². The van der Waals surface area contributed by atoms with Crippen molar-refractivity contribution in [2.45, 2.75) is 110 Å². The Morgan fingerprint density at radius 3 is 2.48 bits per heavy atom. The zero-order valence-corrected chi connectivity index (χ0v) is 23.2. The molecule has 0 aromatic rings. The van der Waals surface area contributed by atoms with Gasteiger partial charge in [-0.25, -0.2) is 0 Å². The van der Waals surface area contributed by atoms with Crippen LogP contribution < -0.4 is 0 Å². The van der Waals surface area contributed by atoms with Crippen LogP contribution in [0.4, 0.5) is 0 Å². The lowest BCUT2D eigenvalue weighted by atomic mass is 9.46. The number of Topliss-reactive ketones (excluding diaryl/α,β-unsaturated/α-hetero) is 1. The van der Waals surface area contributed by atoms with Gasteiger partial charge in [0.25, 0.3) is 0 Å². The van der Waals surface area contributed by atoms with E-state index in [-0.39, 0.29) is 28.1 Å². The lowest BCUT2D eigenvalue weighted by Crippen LogP contribution is -2.57. The maximum atomic E-state index is 13.7. The van der Waals surface area contributed by atoms with E-state index in [0.717, 1.165) is 36.2 Å². The topological polar surface area (TPSA) is 43.4 Å². The molecule has 0 aromatic heterocycles. The molecule has 3 fully saturated rings. The minimum atomic E-state index is -0.259. The lowest BCUT2D eigenvalue weighted by molar-refractivity contribution is -0.146. The molecule has 0 aromatic carbocycles. The Morgan fingerprint density at radius 1 is 1.09 bits per heavy atom. The molecule has 3 saturated carbocycles. The number of carbonyl (C=O) groups excluding carboxylic acids is 2. The average molecular weight is 522 g/mol. The van der Waals surface area contributed by atoms with Crippen LogP contribution in [0.25, 0.3) is 0 Å². The van der Waals surface area contributed by atoms with E-state index in [1.165, 1.54) is 51.9 Å². The van der Waals surface area contributed by atoms with Crippen LogP contribution in [-0.4, -0.2) is 22.7 Å². The average Bonchev–Trinajstić information content (AvgIpc) is 3.09. The smallest absolute Gasteiger partial charge is 0.303 e. The van der Waals surface area contributed by atoms with Gasteiger partial charge in [-0.15, -0.1) is 0 Å². The Kier molecular flexibility index (Phi) is 7.27. The first-order valence-electron chi connectivity index (χ1n) is 13.6. The van der Waals surface area contributed by atoms with Crippen LogP contribution in [0.1, 0.15) is 99.3 Å². The zero-order valence-electron chi connectivity index (χ0n) is 21.7. The molecule has 0 unspecified atom stereocenters. The number of hydrogen-bond donors (Lipinski definition) is 0. The van der Waals surface area contributed by atoms with E-state index in [0.29, 0.717) is 23.2 Å². The van der Waals surface area contributed by atoms with Gasteiger partial charge >= 0.3 is 5.97 Å². The van der Waals surface area contributed by atoms with Gasteiger partial charge in [-0.05, 0) is 90.9 Å². The van der Waals surface area contributed by atoms with Crippen LogP contribution in [0.15, 0.2) is 11.6 Å². The number of fused-ring (bicyclic) bond motifs is 5. The highest BCUT2D eigenvalue weighted by Gasteiger charge is 2.63. The molecule has 186 valence electrons. The number of alkyl halides is 1. The molecule has 0 heterocycles. The van der Waals surface area contributed by atoms with E-state index in [9.17, 15) is 9.59 Å². The van der Waals surface area contributed by atoms with Crippen molar-refractivity contribution in [3.8, 4) is 0 Å². The SMILES string of the molecule is CC(=O)O[C@H]1C=C2C(=O)[C@@H](Br)[C@H]3[C@@H]4CC[C@H]([C@H](C)CCCC(C)C)[C@@]4(C)CC[C@@H]3[C@@]2(C)CC1. The van der Waals surface area contributed by atoms with Crippen molar-refractivity contribution in [1.29, 1.82) is 0 Å². The standard InChI is InChI=1S/C29H45BrO3/c1-17(2)8-7-9-18(3)21-10-11-22-25-23(13-15-28(21,22)5)29(6)14-12-20(33-19(4)31)16-24(29)27(32)26(25)30/h16-18,20-23,25-26H,7-15H2,1-6H3/t18-,20-,21-,22+,23+,25+,26+,28-,29-/m1/s1. The van der Waals surface area contributed by atoms with E-state index in [4.69, 9.17) is 4.74 Å². The third-order valence-corrected chi connectivity index (χ3v) is 11.5. The second-order valence-corrected chi connectivity index (χ2v) is 13.8. The third kappa shape index (κ3) is 4.40. The van der Waals surface area contributed by atoms with Crippen molar-refractivity contribution < 1.29 is 14.3 Å². The summed E-state index contributed by atoms with van der Waals surface area (Å²) in [6.07, 6.45) is 12.7. The summed E-state index contributed by atoms with van der Waals surface area (Å²) >= 11 is 3.93. The molecule has 4 rings (SSSR count). The summed E-state index contributed by atoms with van der Waals surface area (Å²) in [5.41, 5.74) is 1.21. The number of halogens is 1. The van der Waals surface area contributed by atoms with Gasteiger partial charge in [0.2, 0.25) is 0 Å². The molecular weight excluding hydrogens is 476 g/mol. The van der Waals surface area contributed by atoms with E-state index < -0.39 is 0 Å². The van der Waals surface area contributed by atoms with Crippen molar-refractivity contribution in [3.63, 3.8) is 0 Å². The molecule has 0 radical (unpaired) electrons. The molecule has 0 spiro atoms. The predicted octanol–water partition coefficient (Wildman–Crippen LogP) is 7.51. The Hall–Kier alpha value is -0.640. The molecule has 0 aliphatic heterocycles. The highest BCUT2D eigenvalue weighted by molar-refractivity contribution is 9.10. The van der Waals surface area contributed by atoms with E-state index in [1.807, 2.05) is 6.08 Å². The first-order valence-corrected chi connectivity index (χ1v) is 14.5. The lowest BCUT2D eigenvalue weighted by Gasteiger charge is -2.59. The molecule has 4 heteroatoms. The molecule has 0 N–H and O–H groups in total. The zero-order chi connectivity index (χ0) is 24.1. The van der Waals surface area contributed by atoms with Crippen LogP contribution in [0.3, 0.4) is 0 Å². The minimum Gasteiger partial charge on any atom is -0.458 e. The fraction of sp³-hybridized carbons (Fsp3) is 0.862. The van der Waals surface area contributed by atoms with Crippen LogP contribution in [0, 0.1) is 46.3 Å². The van der Waals surface area contributed by atoms with Gasteiger partial charge in [0, 0.05) is 12.5 Å². The van der Waals surface area contributed by atoms with Gasteiger partial charge in [-0.1, -0.05) is 69.8 Å². The fourth-order valence-corrected chi connectivity index (χ4v) is 9.77. The van der Waals surface area contributed by atoms with Gasteiger partial charge in [0.05, 0.1) is 4.83 Å². The minimum absolute atomic E-state index is 0.0784. The number of hydrogen-bond acceptors (Lipinski definition) is 3. The van der Waals surface area contributed by atoms with Gasteiger partial charge in [-0.2, -0.15) is 0 Å². The first kappa shape index (κ1) is 25.5. The molecule has 4 aliphatic carbocycles. The maximum absolute atomic E-state index is 13.7. The third-order valence-electron chi connectivity index (χ3n) is 10.4. The van der Waals surface area contributed by atoms with Crippen molar-refractivity contribution >= 4 is 27.7 Å². The Bertz CT molecular complexity index is 803. The largest absolute Gasteiger partial charge is 0.458 e. The number of ether oxygens (including phenoxy) is 1. The number of carbonyl (C=O) groups is 2. The van der Waals surface area contributed by atoms with Crippen LogP contribution in [0.2, 0.25) is 0 Å². The van der Waals surface area contributed by atoms with Gasteiger partial charge < -0.3 is 4.74 Å². The van der Waals surface area contributed by atoms with Crippen molar-refractivity contribution in [2.75, 3.05) is 0 Å². The van der Waals surface area contributed by atoms with Crippen LogP contribution >= 0.6 is 15.9 Å². The Balaban J connectivity index is 1.56. The van der Waals surface area contributed by atoms with E-state index >= 15 is 0 Å². The number of allylic oxidation sites excluding steroid dienone is 1. The summed E-state index contributed by atoms with van der Waals surface area (Å²) in [5, 5.41) is 0. The molecule has 4 aliphatic rings. The quantitative estimate of drug-likeness (QED) is 0.268. The summed E-state index contributed by atoms with van der Waals surface area (Å²) < 4.78 is 5.49. The van der Waals surface area contributed by atoms with Crippen molar-refractivity contribution in [3.05, 3.63) is 11.6 Å². The molecule has 9 atom stereocenters. The van der Waals surface area contributed by atoms with Crippen molar-refractivity contribution in [1.82, 2.24) is 0 Å². The fourth-order valence-electron chi connectivity index (χ4n) is 8.79. The number of rotatable bonds is 6. The monoisotopic (exact) mass is 520 g/mol. The highest BCUT2D eigenvalue weighted by atomic mass is 79.9. The Morgan fingerprint density at radius 2 is 1.82 bits per heavy atom. The maximum Gasteiger partial charge on any atom is 0.303 e. The second kappa shape index (κ2) is 9.43. The van der Waals surface area contributed by atoms with Crippen LogP contribution in [0.5, 0.6) is 0 Å². The Labute approximate surface area is 210 Å².